The first kappa shape index (κ1) is 31.7. The molecule has 224 valence electrons. The van der Waals surface area contributed by atoms with E-state index in [1.807, 2.05) is 0 Å². The van der Waals surface area contributed by atoms with E-state index >= 15 is 0 Å². The van der Waals surface area contributed by atoms with Crippen LogP contribution in [0.15, 0.2) is 4.99 Å². The molecule has 8 N–H and O–H groups in total. The predicted octanol–water partition coefficient (Wildman–Crippen LogP) is 1.63. The van der Waals surface area contributed by atoms with E-state index in [2.05, 4.69) is 32.7 Å². The van der Waals surface area contributed by atoms with Gasteiger partial charge in [0.15, 0.2) is 0 Å². The molecular weight excluding hydrogens is 494 g/mol. The Kier molecular flexibility index (Phi) is 10.0. The molecule has 0 saturated heterocycles. The summed E-state index contributed by atoms with van der Waals surface area (Å²) in [5.41, 5.74) is 15.8. The average Bonchev–Trinajstić information content (AvgIpc) is 3.21. The van der Waals surface area contributed by atoms with E-state index in [9.17, 15) is 20.1 Å². The van der Waals surface area contributed by atoms with Crippen LogP contribution in [0.5, 0.6) is 0 Å². The van der Waals surface area contributed by atoms with Gasteiger partial charge in [-0.2, -0.15) is 0 Å². The minimum Gasteiger partial charge on any atom is -0.550 e. The lowest BCUT2D eigenvalue weighted by Gasteiger charge is -2.64. The maximum Gasteiger partial charge on any atom is 0.387 e. The monoisotopic (exact) mass is 549 g/mol. The normalized spacial score (nSPS) is 41.5. The van der Waals surface area contributed by atoms with Crippen LogP contribution in [-0.4, -0.2) is 59.0 Å². The molecular formula is C30H55N5O4. The molecule has 4 aliphatic carbocycles. The quantitative estimate of drug-likeness (QED) is 0.197. The van der Waals surface area contributed by atoms with Gasteiger partial charge in [-0.05, 0) is 115 Å². The standard InChI is InChI=1S/C26H44O4.C4H11N5/c1-5-17-21-14-16(27)10-12-26(21,4)20-11-13-25(3)18(15(2)6-9-22(28)29)7-8-19(25)23(20)24(17)30;1-9(2)4(7)8-3(5)6/h15-21,23-24,27,30H,5-14H2,1-4H3,(H,28,29);1-2H3,(H5,5,6,7,8)/t15-,16-,17-,18-,19+,20+,21+,23+,24-,25-,26-;/m1./s1. The Labute approximate surface area is 235 Å². The van der Waals surface area contributed by atoms with Gasteiger partial charge in [-0.1, -0.05) is 34.1 Å². The third-order valence-corrected chi connectivity index (χ3v) is 11.7. The number of fused-ring (bicyclic) bond motifs is 5. The Bertz CT molecular complexity index is 932. The van der Waals surface area contributed by atoms with E-state index < -0.39 is 5.97 Å². The van der Waals surface area contributed by atoms with Crippen molar-refractivity contribution in [3.05, 3.63) is 0 Å². The SMILES string of the molecule is CC[C@H]1[C@@H](O)[C@@H]2[C@H](CC[C@]3(C)[C@@H]([C@H](C)CCC(=O)[O-])CC[C@@H]23)[C@@]2(C)CC[C@@H](O)C[C@@H]12.C[N+](C)=C(N)N=C(N)N. The topological polar surface area (TPSA) is 174 Å². The van der Waals surface area contributed by atoms with E-state index in [1.54, 1.807) is 18.7 Å². The molecule has 9 nitrogen and oxygen atoms in total. The van der Waals surface area contributed by atoms with Crippen molar-refractivity contribution < 1.29 is 24.7 Å². The molecule has 0 bridgehead atoms. The van der Waals surface area contributed by atoms with Crippen molar-refractivity contribution in [3.63, 3.8) is 0 Å². The van der Waals surface area contributed by atoms with Gasteiger partial charge in [-0.3, -0.25) is 10.3 Å². The molecule has 0 aromatic carbocycles. The van der Waals surface area contributed by atoms with E-state index in [1.165, 1.54) is 25.7 Å². The average molecular weight is 550 g/mol. The van der Waals surface area contributed by atoms with Gasteiger partial charge in [0.05, 0.1) is 26.3 Å². The fraction of sp³-hybridized carbons (Fsp3) is 0.900. The molecule has 4 aliphatic rings. The molecule has 0 aromatic heterocycles. The first-order chi connectivity index (χ1) is 18.2. The van der Waals surface area contributed by atoms with Gasteiger partial charge in [0.1, 0.15) is 0 Å². The van der Waals surface area contributed by atoms with Crippen LogP contribution in [0.25, 0.3) is 0 Å². The Morgan fingerprint density at radius 2 is 1.64 bits per heavy atom. The van der Waals surface area contributed by atoms with E-state index in [0.717, 1.165) is 25.7 Å². The molecule has 4 saturated carbocycles. The van der Waals surface area contributed by atoms with Gasteiger partial charge in [-0.15, -0.1) is 0 Å². The van der Waals surface area contributed by atoms with Crippen LogP contribution < -0.4 is 22.3 Å². The number of hydrogen-bond donors (Lipinski definition) is 5. The molecule has 0 heterocycles. The van der Waals surface area contributed by atoms with Crippen LogP contribution >= 0.6 is 0 Å². The molecule has 4 rings (SSSR count). The molecule has 0 aliphatic heterocycles. The first-order valence-electron chi connectivity index (χ1n) is 15.1. The summed E-state index contributed by atoms with van der Waals surface area (Å²) < 4.78 is 1.61. The number of carbonyl (C=O) groups is 1. The van der Waals surface area contributed by atoms with E-state index in [0.29, 0.717) is 53.8 Å². The zero-order valence-electron chi connectivity index (χ0n) is 25.1. The van der Waals surface area contributed by atoms with Gasteiger partial charge < -0.3 is 31.6 Å². The number of aliphatic carboxylic acids is 1. The van der Waals surface area contributed by atoms with E-state index in [-0.39, 0.29) is 35.4 Å². The highest BCUT2D eigenvalue weighted by Crippen LogP contribution is 2.69. The van der Waals surface area contributed by atoms with Crippen LogP contribution in [0, 0.1) is 52.3 Å². The third-order valence-electron chi connectivity index (χ3n) is 11.7. The minimum absolute atomic E-state index is 0.0267. The van der Waals surface area contributed by atoms with Crippen LogP contribution in [-0.2, 0) is 4.79 Å². The Balaban J connectivity index is 0.000000403. The number of guanidine groups is 2. The lowest BCUT2D eigenvalue weighted by molar-refractivity contribution is -0.466. The highest BCUT2D eigenvalue weighted by atomic mass is 16.4. The van der Waals surface area contributed by atoms with Crippen molar-refractivity contribution in [2.45, 2.75) is 104 Å². The zero-order chi connectivity index (χ0) is 29.3. The van der Waals surface area contributed by atoms with Crippen LogP contribution in [0.2, 0.25) is 0 Å². The minimum atomic E-state index is -0.933. The molecule has 4 fully saturated rings. The van der Waals surface area contributed by atoms with Crippen molar-refractivity contribution in [1.29, 1.82) is 0 Å². The number of carboxylic acid groups (broad SMARTS) is 1. The molecule has 0 radical (unpaired) electrons. The smallest absolute Gasteiger partial charge is 0.387 e. The molecule has 11 atom stereocenters. The Morgan fingerprint density at radius 1 is 1.03 bits per heavy atom. The van der Waals surface area contributed by atoms with Gasteiger partial charge in [-0.25, -0.2) is 0 Å². The zero-order valence-corrected chi connectivity index (χ0v) is 25.1. The summed E-state index contributed by atoms with van der Waals surface area (Å²) in [6.07, 6.45) is 8.99. The fourth-order valence-corrected chi connectivity index (χ4v) is 9.71. The van der Waals surface area contributed by atoms with Crippen molar-refractivity contribution in [3.8, 4) is 0 Å². The second-order valence-corrected chi connectivity index (χ2v) is 13.8. The summed E-state index contributed by atoms with van der Waals surface area (Å²) in [6.45, 7) is 9.39. The number of nitrogens with two attached hydrogens (primary N) is 3. The van der Waals surface area contributed by atoms with Crippen LogP contribution in [0.1, 0.15) is 91.9 Å². The third kappa shape index (κ3) is 6.24. The number of nitrogens with zero attached hydrogens (tertiary/aromatic N) is 2. The number of hydrogen-bond acceptors (Lipinski definition) is 4. The van der Waals surface area contributed by atoms with Crippen molar-refractivity contribution in [1.82, 2.24) is 0 Å². The second-order valence-electron chi connectivity index (χ2n) is 13.8. The Morgan fingerprint density at radius 3 is 2.18 bits per heavy atom. The van der Waals surface area contributed by atoms with Gasteiger partial charge in [0.2, 0.25) is 0 Å². The maximum atomic E-state index is 11.7. The number of carbonyl (C=O) groups excluding carboxylic acids is 1. The van der Waals surface area contributed by atoms with Crippen LogP contribution in [0.4, 0.5) is 0 Å². The number of aliphatic hydroxyl groups is 2. The summed E-state index contributed by atoms with van der Waals surface area (Å²) in [5, 5.41) is 33.1. The molecule has 0 unspecified atom stereocenters. The Hall–Kier alpha value is -1.87. The fourth-order valence-electron chi connectivity index (χ4n) is 9.71. The second kappa shape index (κ2) is 12.3. The highest BCUT2D eigenvalue weighted by Gasteiger charge is 2.64. The van der Waals surface area contributed by atoms with E-state index in [4.69, 9.17) is 17.2 Å². The lowest BCUT2D eigenvalue weighted by atomic mass is 9.41. The van der Waals surface area contributed by atoms with Gasteiger partial charge in [0.25, 0.3) is 5.96 Å². The summed E-state index contributed by atoms with van der Waals surface area (Å²) >= 11 is 0. The van der Waals surface area contributed by atoms with Crippen LogP contribution in [0.3, 0.4) is 0 Å². The molecule has 39 heavy (non-hydrogen) atoms. The number of aliphatic hydroxyl groups excluding tert-OH is 2. The molecule has 0 amide bonds. The van der Waals surface area contributed by atoms with Crippen molar-refractivity contribution in [2.75, 3.05) is 14.1 Å². The maximum absolute atomic E-state index is 11.7. The van der Waals surface area contributed by atoms with Gasteiger partial charge >= 0.3 is 5.96 Å². The largest absolute Gasteiger partial charge is 0.550 e. The van der Waals surface area contributed by atoms with Crippen molar-refractivity contribution >= 4 is 17.9 Å². The first-order valence-corrected chi connectivity index (χ1v) is 15.1. The number of aliphatic imine (C=N–C) groups is 1. The summed E-state index contributed by atoms with van der Waals surface area (Å²) in [6, 6.07) is 0. The number of rotatable bonds is 5. The van der Waals surface area contributed by atoms with Crippen molar-refractivity contribution in [2.24, 2.45) is 74.4 Å². The van der Waals surface area contributed by atoms with Gasteiger partial charge in [0, 0.05) is 5.97 Å². The summed E-state index contributed by atoms with van der Waals surface area (Å²) in [7, 11) is 3.50. The lowest BCUT2D eigenvalue weighted by Crippen LogP contribution is -2.62. The predicted molar refractivity (Wildman–Crippen MR) is 152 cm³/mol. The number of carboxylic acids is 1. The molecule has 0 aromatic rings. The molecule has 0 spiro atoms. The highest BCUT2D eigenvalue weighted by molar-refractivity contribution is 5.89. The molecule has 9 heteroatoms. The summed E-state index contributed by atoms with van der Waals surface area (Å²) in [4.78, 5) is 14.6. The summed E-state index contributed by atoms with van der Waals surface area (Å²) in [5.74, 6) is 2.48.